The second kappa shape index (κ2) is 5.54. The van der Waals surface area contributed by atoms with Crippen molar-refractivity contribution >= 4 is 15.9 Å². The van der Waals surface area contributed by atoms with Gasteiger partial charge in [0.25, 0.3) is 0 Å². The van der Waals surface area contributed by atoms with Gasteiger partial charge in [0.15, 0.2) is 0 Å². The molecule has 2 heterocycles. The van der Waals surface area contributed by atoms with Crippen LogP contribution >= 0.6 is 0 Å². The minimum Gasteiger partial charge on any atom is -0.342 e. The number of hydrogen-bond donors (Lipinski definition) is 0. The van der Waals surface area contributed by atoms with E-state index in [2.05, 4.69) is 0 Å². The molecule has 2 aliphatic heterocycles. The van der Waals surface area contributed by atoms with Crippen molar-refractivity contribution in [2.24, 2.45) is 11.3 Å². The van der Waals surface area contributed by atoms with Crippen LogP contribution in [0.15, 0.2) is 0 Å². The molecule has 1 unspecified atom stereocenters. The molecule has 0 aromatic heterocycles. The lowest BCUT2D eigenvalue weighted by Crippen LogP contribution is -2.50. The van der Waals surface area contributed by atoms with Gasteiger partial charge in [0.2, 0.25) is 15.9 Å². The van der Waals surface area contributed by atoms with E-state index >= 15 is 0 Å². The number of sulfonamides is 1. The van der Waals surface area contributed by atoms with Gasteiger partial charge in [0.05, 0.1) is 11.2 Å². The molecule has 3 rings (SSSR count). The Morgan fingerprint density at radius 3 is 2.67 bits per heavy atom. The highest BCUT2D eigenvalue weighted by atomic mass is 32.2. The lowest BCUT2D eigenvalue weighted by Gasteiger charge is -2.38. The Balaban J connectivity index is 1.71. The third-order valence-electron chi connectivity index (χ3n) is 5.17. The second-order valence-corrected chi connectivity index (χ2v) is 9.07. The lowest BCUT2D eigenvalue weighted by atomic mass is 9.79. The van der Waals surface area contributed by atoms with Crippen molar-refractivity contribution in [1.29, 1.82) is 0 Å². The van der Waals surface area contributed by atoms with E-state index < -0.39 is 15.4 Å². The first kappa shape index (κ1) is 15.3. The van der Waals surface area contributed by atoms with E-state index in [9.17, 15) is 13.2 Å². The number of amides is 1. The Morgan fingerprint density at radius 1 is 1.24 bits per heavy atom. The van der Waals surface area contributed by atoms with Crippen molar-refractivity contribution in [2.45, 2.75) is 45.4 Å². The summed E-state index contributed by atoms with van der Waals surface area (Å²) in [7, 11) is -3.19. The minimum absolute atomic E-state index is 0.197. The van der Waals surface area contributed by atoms with Crippen LogP contribution in [-0.4, -0.2) is 55.5 Å². The van der Waals surface area contributed by atoms with Crippen LogP contribution in [-0.2, 0) is 14.8 Å². The maximum Gasteiger partial charge on any atom is 0.230 e. The Morgan fingerprint density at radius 2 is 2.00 bits per heavy atom. The summed E-state index contributed by atoms with van der Waals surface area (Å²) in [5, 5.41) is 0. The van der Waals surface area contributed by atoms with E-state index in [1.54, 1.807) is 4.31 Å². The summed E-state index contributed by atoms with van der Waals surface area (Å²) in [5.74, 6) is 1.11. The maximum absolute atomic E-state index is 12.8. The van der Waals surface area contributed by atoms with Gasteiger partial charge in [0, 0.05) is 26.2 Å². The van der Waals surface area contributed by atoms with Gasteiger partial charge in [-0.2, -0.15) is 0 Å². The van der Waals surface area contributed by atoms with E-state index in [1.807, 2.05) is 11.8 Å². The number of nitrogens with zero attached hydrogens (tertiary/aromatic N) is 2. The summed E-state index contributed by atoms with van der Waals surface area (Å²) < 4.78 is 26.2. The summed E-state index contributed by atoms with van der Waals surface area (Å²) in [6.07, 6.45) is 5.61. The Kier molecular flexibility index (Phi) is 4.03. The summed E-state index contributed by atoms with van der Waals surface area (Å²) in [6, 6.07) is 0. The molecule has 0 bridgehead atoms. The highest BCUT2D eigenvalue weighted by Gasteiger charge is 2.51. The molecule has 6 heteroatoms. The van der Waals surface area contributed by atoms with Gasteiger partial charge in [-0.25, -0.2) is 12.7 Å². The maximum atomic E-state index is 12.8. The van der Waals surface area contributed by atoms with E-state index in [-0.39, 0.29) is 11.7 Å². The van der Waals surface area contributed by atoms with Crippen LogP contribution in [0, 0.1) is 11.3 Å². The van der Waals surface area contributed by atoms with Crippen LogP contribution in [0.2, 0.25) is 0 Å². The third kappa shape index (κ3) is 2.97. The fourth-order valence-corrected chi connectivity index (χ4v) is 5.40. The van der Waals surface area contributed by atoms with Gasteiger partial charge in [0.1, 0.15) is 0 Å². The Bertz CT molecular complexity index is 515. The van der Waals surface area contributed by atoms with Crippen molar-refractivity contribution in [3.05, 3.63) is 0 Å². The number of carbonyl (C=O) groups is 1. The molecule has 0 aromatic rings. The average Bonchev–Trinajstić information content (AvgIpc) is 3.22. The van der Waals surface area contributed by atoms with Gasteiger partial charge < -0.3 is 4.90 Å². The summed E-state index contributed by atoms with van der Waals surface area (Å²) >= 11 is 0. The smallest absolute Gasteiger partial charge is 0.230 e. The SMILES string of the molecule is CCCS(=O)(=O)N1CCCC2(CCN(CC3CC3)C2=O)C1. The van der Waals surface area contributed by atoms with Crippen molar-refractivity contribution in [3.63, 3.8) is 0 Å². The first-order valence-corrected chi connectivity index (χ1v) is 9.85. The van der Waals surface area contributed by atoms with Crippen LogP contribution < -0.4 is 0 Å². The monoisotopic (exact) mass is 314 g/mol. The highest BCUT2D eigenvalue weighted by molar-refractivity contribution is 7.89. The quantitative estimate of drug-likeness (QED) is 0.772. The van der Waals surface area contributed by atoms with Gasteiger partial charge in [-0.15, -0.1) is 0 Å². The molecule has 120 valence electrons. The molecule has 3 aliphatic rings. The molecule has 2 saturated heterocycles. The van der Waals surface area contributed by atoms with E-state index in [0.717, 1.165) is 32.4 Å². The van der Waals surface area contributed by atoms with Crippen molar-refractivity contribution in [1.82, 2.24) is 9.21 Å². The predicted octanol–water partition coefficient (Wildman–Crippen LogP) is 1.45. The first-order chi connectivity index (χ1) is 9.97. The fraction of sp³-hybridized carbons (Fsp3) is 0.933. The molecule has 1 atom stereocenters. The van der Waals surface area contributed by atoms with Crippen LogP contribution in [0.1, 0.15) is 45.4 Å². The van der Waals surface area contributed by atoms with E-state index in [1.165, 1.54) is 12.8 Å². The zero-order valence-electron chi connectivity index (χ0n) is 12.9. The number of likely N-dealkylation sites (tertiary alicyclic amines) is 1. The van der Waals surface area contributed by atoms with Crippen LogP contribution in [0.4, 0.5) is 0 Å². The van der Waals surface area contributed by atoms with Crippen molar-refractivity contribution in [3.8, 4) is 0 Å². The number of rotatable bonds is 5. The molecule has 1 amide bonds. The minimum atomic E-state index is -3.19. The second-order valence-electron chi connectivity index (χ2n) is 6.98. The summed E-state index contributed by atoms with van der Waals surface area (Å²) in [4.78, 5) is 14.8. The van der Waals surface area contributed by atoms with Crippen LogP contribution in [0.3, 0.4) is 0 Å². The van der Waals surface area contributed by atoms with E-state index in [0.29, 0.717) is 25.4 Å². The molecular weight excluding hydrogens is 288 g/mol. The van der Waals surface area contributed by atoms with Gasteiger partial charge in [-0.3, -0.25) is 4.79 Å². The molecule has 3 fully saturated rings. The normalized spacial score (nSPS) is 31.3. The predicted molar refractivity (Wildman–Crippen MR) is 81.2 cm³/mol. The molecule has 0 aromatic carbocycles. The van der Waals surface area contributed by atoms with Gasteiger partial charge in [-0.05, 0) is 44.4 Å². The molecule has 0 N–H and O–H groups in total. The molecule has 1 spiro atoms. The standard InChI is InChI=1S/C15H26N2O3S/c1-2-10-21(19,20)17-8-3-6-15(12-17)7-9-16(14(15)18)11-13-4-5-13/h13H,2-12H2,1H3. The average molecular weight is 314 g/mol. The molecule has 1 aliphatic carbocycles. The Hall–Kier alpha value is -0.620. The third-order valence-corrected chi connectivity index (χ3v) is 7.20. The zero-order chi connectivity index (χ0) is 15.1. The number of piperidine rings is 1. The van der Waals surface area contributed by atoms with E-state index in [4.69, 9.17) is 0 Å². The van der Waals surface area contributed by atoms with Gasteiger partial charge in [-0.1, -0.05) is 6.92 Å². The number of hydrogen-bond acceptors (Lipinski definition) is 3. The molecule has 1 saturated carbocycles. The fourth-order valence-electron chi connectivity index (χ4n) is 3.77. The zero-order valence-corrected chi connectivity index (χ0v) is 13.7. The first-order valence-electron chi connectivity index (χ1n) is 8.24. The molecular formula is C15H26N2O3S. The number of carbonyl (C=O) groups excluding carboxylic acids is 1. The molecule has 5 nitrogen and oxygen atoms in total. The molecule has 0 radical (unpaired) electrons. The highest BCUT2D eigenvalue weighted by Crippen LogP contribution is 2.42. The van der Waals surface area contributed by atoms with Crippen LogP contribution in [0.5, 0.6) is 0 Å². The van der Waals surface area contributed by atoms with Gasteiger partial charge >= 0.3 is 0 Å². The largest absolute Gasteiger partial charge is 0.342 e. The lowest BCUT2D eigenvalue weighted by molar-refractivity contribution is -0.138. The van der Waals surface area contributed by atoms with Crippen LogP contribution in [0.25, 0.3) is 0 Å². The summed E-state index contributed by atoms with van der Waals surface area (Å²) in [5.41, 5.74) is -0.423. The van der Waals surface area contributed by atoms with Crippen molar-refractivity contribution in [2.75, 3.05) is 31.9 Å². The Labute approximate surface area is 127 Å². The topological polar surface area (TPSA) is 57.7 Å². The molecule has 21 heavy (non-hydrogen) atoms. The summed E-state index contributed by atoms with van der Waals surface area (Å²) in [6.45, 7) is 4.59. The van der Waals surface area contributed by atoms with Crippen molar-refractivity contribution < 1.29 is 13.2 Å².